The molecule has 4 rings (SSSR count). The van der Waals surface area contributed by atoms with Crippen molar-refractivity contribution in [2.75, 3.05) is 13.2 Å². The maximum absolute atomic E-state index is 12.2. The number of carboxylic acids is 1. The fraction of sp³-hybridized carbons (Fsp3) is 0.526. The van der Waals surface area contributed by atoms with Crippen molar-refractivity contribution in [3.05, 3.63) is 41.1 Å². The lowest BCUT2D eigenvalue weighted by Gasteiger charge is -2.22. The number of ether oxygens (including phenoxy) is 1. The van der Waals surface area contributed by atoms with E-state index in [9.17, 15) is 18.0 Å². The zero-order chi connectivity index (χ0) is 21.9. The molecule has 0 spiro atoms. The minimum absolute atomic E-state index is 0.135. The van der Waals surface area contributed by atoms with Gasteiger partial charge < -0.3 is 19.6 Å². The van der Waals surface area contributed by atoms with E-state index < -0.39 is 12.1 Å². The topological polar surface area (TPSA) is 107 Å². The number of carbonyl (C=O) groups excluding carboxylic acids is 1. The van der Waals surface area contributed by atoms with Gasteiger partial charge in [0.25, 0.3) is 5.91 Å². The molecule has 2 aromatic rings. The minimum Gasteiger partial charge on any atom is -0.475 e. The van der Waals surface area contributed by atoms with Crippen LogP contribution in [0.2, 0.25) is 0 Å². The van der Waals surface area contributed by atoms with Crippen LogP contribution in [0.3, 0.4) is 0 Å². The van der Waals surface area contributed by atoms with Gasteiger partial charge in [0.15, 0.2) is 0 Å². The molecule has 0 bridgehead atoms. The number of amides is 1. The number of aliphatic carboxylic acids is 1. The molecule has 1 fully saturated rings. The van der Waals surface area contributed by atoms with Crippen molar-refractivity contribution >= 4 is 11.9 Å². The highest BCUT2D eigenvalue weighted by atomic mass is 19.4. The molecule has 164 valence electrons. The first-order chi connectivity index (χ1) is 14.1. The van der Waals surface area contributed by atoms with Crippen LogP contribution in [0.25, 0.3) is 0 Å². The molecule has 1 saturated carbocycles. The van der Waals surface area contributed by atoms with Gasteiger partial charge in [0.2, 0.25) is 0 Å². The average Bonchev–Trinajstić information content (AvgIpc) is 3.21. The van der Waals surface area contributed by atoms with Crippen LogP contribution in [0.4, 0.5) is 13.2 Å². The molecule has 1 aliphatic heterocycles. The van der Waals surface area contributed by atoms with E-state index in [1.807, 2.05) is 4.68 Å². The molecular formula is C19H22F3N3O5. The Labute approximate surface area is 170 Å². The van der Waals surface area contributed by atoms with Crippen LogP contribution in [-0.4, -0.2) is 46.1 Å². The quantitative estimate of drug-likeness (QED) is 0.757. The molecule has 2 aliphatic rings. The normalized spacial score (nSPS) is 18.2. The molecule has 30 heavy (non-hydrogen) atoms. The summed E-state index contributed by atoms with van der Waals surface area (Å²) in [5.74, 6) is -1.47. The number of halogens is 3. The van der Waals surface area contributed by atoms with Crippen molar-refractivity contribution in [2.45, 2.75) is 45.0 Å². The molecule has 0 saturated heterocycles. The highest BCUT2D eigenvalue weighted by molar-refractivity contribution is 5.95. The highest BCUT2D eigenvalue weighted by Gasteiger charge is 2.38. The first-order valence-electron chi connectivity index (χ1n) is 9.45. The van der Waals surface area contributed by atoms with Crippen LogP contribution in [-0.2, 0) is 22.5 Å². The highest BCUT2D eigenvalue weighted by Crippen LogP contribution is 2.32. The predicted octanol–water partition coefficient (Wildman–Crippen LogP) is 2.87. The number of aromatic nitrogens is 2. The molecule has 2 N–H and O–H groups in total. The summed E-state index contributed by atoms with van der Waals surface area (Å²) in [7, 11) is 0. The molecule has 0 radical (unpaired) electrons. The third-order valence-electron chi connectivity index (χ3n) is 4.80. The molecular weight excluding hydrogens is 407 g/mol. The SMILES string of the molecule is Cc1occc1C(=O)NCC1OCCc2cn(CC3CC3)nc21.O=C(O)C(F)(F)F. The summed E-state index contributed by atoms with van der Waals surface area (Å²) in [5, 5.41) is 14.7. The number of carbonyl (C=O) groups is 2. The number of furan rings is 1. The number of rotatable bonds is 5. The molecule has 1 atom stereocenters. The third-order valence-corrected chi connectivity index (χ3v) is 4.80. The van der Waals surface area contributed by atoms with Gasteiger partial charge in [0, 0.05) is 19.3 Å². The molecule has 1 unspecified atom stereocenters. The molecule has 8 nitrogen and oxygen atoms in total. The van der Waals surface area contributed by atoms with Crippen molar-refractivity contribution < 1.29 is 37.0 Å². The Morgan fingerprint density at radius 3 is 2.63 bits per heavy atom. The van der Waals surface area contributed by atoms with Crippen LogP contribution in [0.15, 0.2) is 22.9 Å². The third kappa shape index (κ3) is 5.62. The van der Waals surface area contributed by atoms with E-state index in [2.05, 4.69) is 11.5 Å². The Morgan fingerprint density at radius 2 is 2.07 bits per heavy atom. The summed E-state index contributed by atoms with van der Waals surface area (Å²) >= 11 is 0. The van der Waals surface area contributed by atoms with Gasteiger partial charge in [-0.2, -0.15) is 18.3 Å². The minimum atomic E-state index is -5.08. The van der Waals surface area contributed by atoms with Crippen LogP contribution in [0.5, 0.6) is 0 Å². The zero-order valence-electron chi connectivity index (χ0n) is 16.2. The van der Waals surface area contributed by atoms with Crippen molar-refractivity contribution in [1.29, 1.82) is 0 Å². The Hall–Kier alpha value is -2.82. The average molecular weight is 429 g/mol. The van der Waals surface area contributed by atoms with Gasteiger partial charge in [-0.15, -0.1) is 0 Å². The van der Waals surface area contributed by atoms with Gasteiger partial charge in [-0.25, -0.2) is 4.79 Å². The fourth-order valence-corrected chi connectivity index (χ4v) is 3.05. The molecule has 1 amide bonds. The van der Waals surface area contributed by atoms with Crippen molar-refractivity contribution in [3.63, 3.8) is 0 Å². The van der Waals surface area contributed by atoms with E-state index in [1.165, 1.54) is 24.7 Å². The first kappa shape index (κ1) is 21.9. The van der Waals surface area contributed by atoms with Gasteiger partial charge in [0.1, 0.15) is 11.9 Å². The summed E-state index contributed by atoms with van der Waals surface area (Å²) in [4.78, 5) is 21.1. The molecule has 0 aromatic carbocycles. The second-order valence-electron chi connectivity index (χ2n) is 7.22. The number of carboxylic acid groups (broad SMARTS) is 1. The summed E-state index contributed by atoms with van der Waals surface area (Å²) in [6.45, 7) is 3.88. The lowest BCUT2D eigenvalue weighted by atomic mass is 10.1. The maximum Gasteiger partial charge on any atom is 0.490 e. The number of nitrogens with one attached hydrogen (secondary N) is 1. The lowest BCUT2D eigenvalue weighted by molar-refractivity contribution is -0.192. The maximum atomic E-state index is 12.2. The molecule has 1 aliphatic carbocycles. The summed E-state index contributed by atoms with van der Waals surface area (Å²) in [5.41, 5.74) is 2.79. The molecule has 11 heteroatoms. The molecule has 3 heterocycles. The van der Waals surface area contributed by atoms with E-state index in [1.54, 1.807) is 13.0 Å². The van der Waals surface area contributed by atoms with Gasteiger partial charge in [-0.05, 0) is 43.7 Å². The number of aryl methyl sites for hydroxylation is 1. The number of fused-ring (bicyclic) bond motifs is 1. The standard InChI is InChI=1S/C17H21N3O3.C2HF3O2/c1-11-14(5-7-22-11)17(21)18-8-15-16-13(4-6-23-15)10-20(19-16)9-12-2-3-12;3-2(4,5)1(6)7/h5,7,10,12,15H,2-4,6,8-9H2,1H3,(H,18,21);(H,6,7). The zero-order valence-corrected chi connectivity index (χ0v) is 16.2. The number of alkyl halides is 3. The summed E-state index contributed by atoms with van der Waals surface area (Å²) < 4.78 is 44.8. The van der Waals surface area contributed by atoms with Crippen molar-refractivity contribution in [1.82, 2.24) is 15.1 Å². The van der Waals surface area contributed by atoms with Crippen LogP contribution in [0, 0.1) is 12.8 Å². The number of hydrogen-bond acceptors (Lipinski definition) is 5. The van der Waals surface area contributed by atoms with Gasteiger partial charge in [-0.1, -0.05) is 0 Å². The smallest absolute Gasteiger partial charge is 0.475 e. The Bertz CT molecular complexity index is 902. The Morgan fingerprint density at radius 1 is 1.37 bits per heavy atom. The number of nitrogens with zero attached hydrogens (tertiary/aromatic N) is 2. The van der Waals surface area contributed by atoms with E-state index in [0.29, 0.717) is 24.5 Å². The van der Waals surface area contributed by atoms with Crippen LogP contribution >= 0.6 is 0 Å². The largest absolute Gasteiger partial charge is 0.490 e. The monoisotopic (exact) mass is 429 g/mol. The fourth-order valence-electron chi connectivity index (χ4n) is 3.05. The lowest BCUT2D eigenvalue weighted by Crippen LogP contribution is -2.32. The second kappa shape index (κ2) is 8.90. The van der Waals surface area contributed by atoms with E-state index >= 15 is 0 Å². The van der Waals surface area contributed by atoms with Crippen molar-refractivity contribution in [2.24, 2.45) is 5.92 Å². The van der Waals surface area contributed by atoms with Crippen LogP contribution in [0.1, 0.15) is 46.3 Å². The Balaban J connectivity index is 0.000000318. The van der Waals surface area contributed by atoms with Gasteiger partial charge >= 0.3 is 12.1 Å². The van der Waals surface area contributed by atoms with Crippen LogP contribution < -0.4 is 5.32 Å². The Kier molecular flexibility index (Phi) is 6.49. The summed E-state index contributed by atoms with van der Waals surface area (Å²) in [6, 6.07) is 1.68. The van der Waals surface area contributed by atoms with Gasteiger partial charge in [0.05, 0.1) is 24.1 Å². The second-order valence-corrected chi connectivity index (χ2v) is 7.22. The van der Waals surface area contributed by atoms with E-state index in [4.69, 9.17) is 24.2 Å². The van der Waals surface area contributed by atoms with E-state index in [0.717, 1.165) is 24.6 Å². The van der Waals surface area contributed by atoms with Crippen molar-refractivity contribution in [3.8, 4) is 0 Å². The predicted molar refractivity (Wildman–Crippen MR) is 96.8 cm³/mol. The molecule has 2 aromatic heterocycles. The first-order valence-corrected chi connectivity index (χ1v) is 9.45. The van der Waals surface area contributed by atoms with Gasteiger partial charge in [-0.3, -0.25) is 9.48 Å². The van der Waals surface area contributed by atoms with E-state index in [-0.39, 0.29) is 12.0 Å². The summed E-state index contributed by atoms with van der Waals surface area (Å²) in [6.07, 6.45) is 1.93. The number of hydrogen-bond donors (Lipinski definition) is 2.